The molecule has 0 radical (unpaired) electrons. The van der Waals surface area contributed by atoms with Gasteiger partial charge in [0.05, 0.1) is 0 Å². The fourth-order valence-corrected chi connectivity index (χ4v) is 1.17. The van der Waals surface area contributed by atoms with Gasteiger partial charge < -0.3 is 10.4 Å². The van der Waals surface area contributed by atoms with Crippen molar-refractivity contribution in [3.05, 3.63) is 18.1 Å². The summed E-state index contributed by atoms with van der Waals surface area (Å²) in [5, 5.41) is 20.4. The molecule has 0 aliphatic heterocycles. The van der Waals surface area contributed by atoms with Crippen LogP contribution in [-0.4, -0.2) is 28.2 Å². The molecule has 1 heterocycles. The zero-order valence-electron chi connectivity index (χ0n) is 8.48. The van der Waals surface area contributed by atoms with Crippen molar-refractivity contribution in [1.82, 2.24) is 9.97 Å². The summed E-state index contributed by atoms with van der Waals surface area (Å²) in [5.41, 5.74) is 0.319. The number of aliphatic hydroxyl groups excluding tert-OH is 1. The van der Waals surface area contributed by atoms with Crippen molar-refractivity contribution in [2.75, 3.05) is 18.5 Å². The SMILES string of the molecule is N#Cc1nccnc1NCCCCCO. The minimum absolute atomic E-state index is 0.231. The van der Waals surface area contributed by atoms with Crippen LogP contribution in [-0.2, 0) is 0 Å². The van der Waals surface area contributed by atoms with Crippen molar-refractivity contribution >= 4 is 5.82 Å². The minimum Gasteiger partial charge on any atom is -0.396 e. The fourth-order valence-electron chi connectivity index (χ4n) is 1.17. The maximum absolute atomic E-state index is 8.73. The highest BCUT2D eigenvalue weighted by atomic mass is 16.2. The molecular formula is C10H14N4O. The topological polar surface area (TPSA) is 81.8 Å². The average molecular weight is 206 g/mol. The summed E-state index contributed by atoms with van der Waals surface area (Å²) in [5.74, 6) is 0.531. The Bertz CT molecular complexity index is 334. The Morgan fingerprint density at radius 1 is 1.27 bits per heavy atom. The molecule has 0 aliphatic carbocycles. The van der Waals surface area contributed by atoms with Crippen molar-refractivity contribution in [2.45, 2.75) is 19.3 Å². The largest absolute Gasteiger partial charge is 0.396 e. The summed E-state index contributed by atoms with van der Waals surface area (Å²) in [6, 6.07) is 1.97. The third kappa shape index (κ3) is 3.92. The third-order valence-electron chi connectivity index (χ3n) is 1.93. The van der Waals surface area contributed by atoms with E-state index in [2.05, 4.69) is 15.3 Å². The molecule has 15 heavy (non-hydrogen) atoms. The third-order valence-corrected chi connectivity index (χ3v) is 1.93. The van der Waals surface area contributed by atoms with Crippen LogP contribution in [0.4, 0.5) is 5.82 Å². The Labute approximate surface area is 88.8 Å². The quantitative estimate of drug-likeness (QED) is 0.676. The van der Waals surface area contributed by atoms with E-state index in [0.29, 0.717) is 11.5 Å². The molecule has 5 heteroatoms. The van der Waals surface area contributed by atoms with E-state index < -0.39 is 0 Å². The van der Waals surface area contributed by atoms with Gasteiger partial charge in [-0.25, -0.2) is 9.97 Å². The van der Waals surface area contributed by atoms with Gasteiger partial charge in [0.25, 0.3) is 0 Å². The van der Waals surface area contributed by atoms with Crippen LogP contribution in [0.15, 0.2) is 12.4 Å². The van der Waals surface area contributed by atoms with Crippen LogP contribution in [0.5, 0.6) is 0 Å². The van der Waals surface area contributed by atoms with Crippen LogP contribution in [0.2, 0.25) is 0 Å². The second-order valence-electron chi connectivity index (χ2n) is 3.08. The lowest BCUT2D eigenvalue weighted by molar-refractivity contribution is 0.283. The second-order valence-corrected chi connectivity index (χ2v) is 3.08. The molecule has 1 rings (SSSR count). The molecule has 0 amide bonds. The molecule has 0 spiro atoms. The summed E-state index contributed by atoms with van der Waals surface area (Å²) in [4.78, 5) is 7.91. The summed E-state index contributed by atoms with van der Waals surface area (Å²) >= 11 is 0. The molecule has 0 aromatic carbocycles. The van der Waals surface area contributed by atoms with Gasteiger partial charge in [-0.15, -0.1) is 0 Å². The molecule has 1 aromatic rings. The summed E-state index contributed by atoms with van der Waals surface area (Å²) in [7, 11) is 0. The van der Waals surface area contributed by atoms with E-state index >= 15 is 0 Å². The van der Waals surface area contributed by atoms with E-state index in [1.54, 1.807) is 6.20 Å². The molecule has 0 atom stereocenters. The first-order valence-electron chi connectivity index (χ1n) is 4.94. The Kier molecular flexibility index (Phi) is 5.12. The Morgan fingerprint density at radius 3 is 2.80 bits per heavy atom. The molecule has 80 valence electrons. The molecule has 2 N–H and O–H groups in total. The lowest BCUT2D eigenvalue weighted by Crippen LogP contribution is -2.06. The summed E-state index contributed by atoms with van der Waals surface area (Å²) < 4.78 is 0. The number of nitrogens with one attached hydrogen (secondary N) is 1. The molecule has 0 bridgehead atoms. The molecule has 0 fully saturated rings. The Morgan fingerprint density at radius 2 is 2.07 bits per heavy atom. The average Bonchev–Trinajstić information content (AvgIpc) is 2.29. The monoisotopic (exact) mass is 206 g/mol. The van der Waals surface area contributed by atoms with E-state index in [1.165, 1.54) is 6.20 Å². The maximum atomic E-state index is 8.73. The van der Waals surface area contributed by atoms with E-state index in [9.17, 15) is 0 Å². The summed E-state index contributed by atoms with van der Waals surface area (Å²) in [6.45, 7) is 0.974. The number of nitriles is 1. The number of hydrogen-bond acceptors (Lipinski definition) is 5. The van der Waals surface area contributed by atoms with E-state index in [1.807, 2.05) is 6.07 Å². The van der Waals surface area contributed by atoms with Gasteiger partial charge in [0, 0.05) is 25.5 Å². The van der Waals surface area contributed by atoms with Gasteiger partial charge in [0.2, 0.25) is 0 Å². The van der Waals surface area contributed by atoms with Crippen LogP contribution < -0.4 is 5.32 Å². The fraction of sp³-hybridized carbons (Fsp3) is 0.500. The van der Waals surface area contributed by atoms with E-state index in [0.717, 1.165) is 25.8 Å². The predicted octanol–water partition coefficient (Wildman–Crippen LogP) is 0.923. The van der Waals surface area contributed by atoms with Gasteiger partial charge in [0.15, 0.2) is 11.5 Å². The maximum Gasteiger partial charge on any atom is 0.182 e. The van der Waals surface area contributed by atoms with Crippen LogP contribution in [0.3, 0.4) is 0 Å². The van der Waals surface area contributed by atoms with Gasteiger partial charge in [-0.2, -0.15) is 5.26 Å². The number of rotatable bonds is 6. The molecule has 1 aromatic heterocycles. The molecule has 5 nitrogen and oxygen atoms in total. The van der Waals surface area contributed by atoms with Gasteiger partial charge in [0.1, 0.15) is 6.07 Å². The molecule has 0 saturated carbocycles. The van der Waals surface area contributed by atoms with Crippen LogP contribution in [0.25, 0.3) is 0 Å². The van der Waals surface area contributed by atoms with Crippen molar-refractivity contribution in [3.8, 4) is 6.07 Å². The number of unbranched alkanes of at least 4 members (excludes halogenated alkanes) is 2. The van der Waals surface area contributed by atoms with Crippen molar-refractivity contribution in [2.24, 2.45) is 0 Å². The number of hydrogen-bond donors (Lipinski definition) is 2. The van der Waals surface area contributed by atoms with Gasteiger partial charge >= 0.3 is 0 Å². The van der Waals surface area contributed by atoms with Gasteiger partial charge in [-0.3, -0.25) is 0 Å². The van der Waals surface area contributed by atoms with Gasteiger partial charge in [-0.05, 0) is 19.3 Å². The number of anilines is 1. The molecule has 0 aliphatic rings. The van der Waals surface area contributed by atoms with Gasteiger partial charge in [-0.1, -0.05) is 0 Å². The van der Waals surface area contributed by atoms with E-state index in [-0.39, 0.29) is 6.61 Å². The Balaban J connectivity index is 2.34. The molecular weight excluding hydrogens is 192 g/mol. The molecule has 0 unspecified atom stereocenters. The van der Waals surface area contributed by atoms with Crippen LogP contribution >= 0.6 is 0 Å². The van der Waals surface area contributed by atoms with Crippen molar-refractivity contribution in [3.63, 3.8) is 0 Å². The number of nitrogens with zero attached hydrogens (tertiary/aromatic N) is 3. The van der Waals surface area contributed by atoms with Crippen molar-refractivity contribution < 1.29 is 5.11 Å². The summed E-state index contributed by atoms with van der Waals surface area (Å²) in [6.07, 6.45) is 5.77. The highest BCUT2D eigenvalue weighted by Crippen LogP contribution is 2.06. The van der Waals surface area contributed by atoms with E-state index in [4.69, 9.17) is 10.4 Å². The second kappa shape index (κ2) is 6.74. The standard InChI is InChI=1S/C10H14N4O/c11-8-9-10(14-6-5-12-9)13-4-2-1-3-7-15/h5-6,15H,1-4,7H2,(H,13,14). The lowest BCUT2D eigenvalue weighted by atomic mass is 10.2. The normalized spacial score (nSPS) is 9.60. The first-order chi connectivity index (χ1) is 7.38. The Hall–Kier alpha value is -1.67. The smallest absolute Gasteiger partial charge is 0.182 e. The van der Waals surface area contributed by atoms with Crippen LogP contribution in [0.1, 0.15) is 25.0 Å². The zero-order valence-corrected chi connectivity index (χ0v) is 8.48. The zero-order chi connectivity index (χ0) is 10.9. The highest BCUT2D eigenvalue weighted by Gasteiger charge is 2.01. The minimum atomic E-state index is 0.231. The first kappa shape index (κ1) is 11.4. The van der Waals surface area contributed by atoms with Crippen molar-refractivity contribution in [1.29, 1.82) is 5.26 Å². The highest BCUT2D eigenvalue weighted by molar-refractivity contribution is 5.46. The predicted molar refractivity (Wildman–Crippen MR) is 56.2 cm³/mol. The molecule has 0 saturated heterocycles. The number of aliphatic hydroxyl groups is 1. The first-order valence-corrected chi connectivity index (χ1v) is 4.94. The van der Waals surface area contributed by atoms with Crippen LogP contribution in [0, 0.1) is 11.3 Å². The number of aromatic nitrogens is 2. The lowest BCUT2D eigenvalue weighted by Gasteiger charge is -2.05.